The molecule has 0 spiro atoms. The number of nitrogens with zero attached hydrogens (tertiary/aromatic N) is 2. The lowest BCUT2D eigenvalue weighted by Crippen LogP contribution is -2.23. The SMILES string of the molecule is CCNC(=O)c1cc2c(-c3sc(C(C)=O)cc3Oc3c(C)ccnc3C)cn(C)c(=O)c2[nH]1. The molecule has 8 nitrogen and oxygen atoms in total. The highest BCUT2D eigenvalue weighted by Gasteiger charge is 2.22. The number of hydrogen-bond donors (Lipinski definition) is 2. The van der Waals surface area contributed by atoms with Gasteiger partial charge in [0.25, 0.3) is 11.5 Å². The van der Waals surface area contributed by atoms with E-state index in [1.54, 1.807) is 31.6 Å². The highest BCUT2D eigenvalue weighted by Crippen LogP contribution is 2.44. The van der Waals surface area contributed by atoms with Crippen LogP contribution in [0.25, 0.3) is 21.3 Å². The zero-order valence-corrected chi connectivity index (χ0v) is 19.8. The van der Waals surface area contributed by atoms with Crippen LogP contribution in [0.2, 0.25) is 0 Å². The molecule has 1 amide bonds. The van der Waals surface area contributed by atoms with Crippen LogP contribution in [-0.4, -0.2) is 32.8 Å². The number of thiophene rings is 1. The van der Waals surface area contributed by atoms with Gasteiger partial charge in [0.15, 0.2) is 11.5 Å². The van der Waals surface area contributed by atoms with E-state index in [9.17, 15) is 14.4 Å². The van der Waals surface area contributed by atoms with Crippen molar-refractivity contribution in [3.63, 3.8) is 0 Å². The lowest BCUT2D eigenvalue weighted by atomic mass is 10.1. The standard InChI is InChI=1S/C24H24N4O4S/c1-6-25-23(30)17-9-15-16(11-28(5)24(31)20(15)27-17)22-18(10-19(33-22)14(4)29)32-21-12(2)7-8-26-13(21)3/h7-11,27H,6H2,1-5H3,(H,25,30). The summed E-state index contributed by atoms with van der Waals surface area (Å²) in [5.41, 5.74) is 2.67. The van der Waals surface area contributed by atoms with Crippen molar-refractivity contribution in [1.29, 1.82) is 0 Å². The first-order valence-corrected chi connectivity index (χ1v) is 11.3. The molecule has 4 aromatic rings. The van der Waals surface area contributed by atoms with Crippen molar-refractivity contribution in [2.75, 3.05) is 6.54 Å². The number of rotatable bonds is 6. The molecule has 4 heterocycles. The molecule has 0 aromatic carbocycles. The number of carbonyl (C=O) groups excluding carboxylic acids is 2. The predicted octanol–water partition coefficient (Wildman–Crippen LogP) is 4.35. The van der Waals surface area contributed by atoms with E-state index in [1.807, 2.05) is 26.8 Å². The minimum atomic E-state index is -0.296. The second-order valence-electron chi connectivity index (χ2n) is 7.79. The number of pyridine rings is 2. The Morgan fingerprint density at radius 1 is 1.27 bits per heavy atom. The number of amides is 1. The van der Waals surface area contributed by atoms with Gasteiger partial charge in [-0.05, 0) is 45.4 Å². The van der Waals surface area contributed by atoms with Gasteiger partial charge >= 0.3 is 0 Å². The van der Waals surface area contributed by atoms with Crippen LogP contribution in [0, 0.1) is 13.8 Å². The first kappa shape index (κ1) is 22.5. The summed E-state index contributed by atoms with van der Waals surface area (Å²) in [5.74, 6) is 0.721. The maximum Gasteiger partial charge on any atom is 0.274 e. The van der Waals surface area contributed by atoms with Crippen LogP contribution in [0.15, 0.2) is 35.4 Å². The lowest BCUT2D eigenvalue weighted by molar-refractivity contribution is 0.0950. The number of aromatic amines is 1. The molecular formula is C24H24N4O4S. The Morgan fingerprint density at radius 3 is 2.70 bits per heavy atom. The molecule has 0 fully saturated rings. The van der Waals surface area contributed by atoms with Crippen LogP contribution in [0.5, 0.6) is 11.5 Å². The van der Waals surface area contributed by atoms with E-state index in [0.717, 1.165) is 11.3 Å². The molecule has 0 bridgehead atoms. The molecule has 0 saturated heterocycles. The molecule has 0 aliphatic rings. The molecule has 9 heteroatoms. The Bertz CT molecular complexity index is 1440. The Kier molecular flexibility index (Phi) is 5.90. The highest BCUT2D eigenvalue weighted by atomic mass is 32.1. The fraction of sp³-hybridized carbons (Fsp3) is 0.250. The molecule has 4 aromatic heterocycles. The van der Waals surface area contributed by atoms with E-state index in [4.69, 9.17) is 4.74 Å². The predicted molar refractivity (Wildman–Crippen MR) is 129 cm³/mol. The summed E-state index contributed by atoms with van der Waals surface area (Å²) >= 11 is 1.28. The van der Waals surface area contributed by atoms with Crippen LogP contribution in [0.1, 0.15) is 45.3 Å². The zero-order chi connectivity index (χ0) is 23.9. The van der Waals surface area contributed by atoms with Gasteiger partial charge in [0, 0.05) is 43.0 Å². The third-order valence-corrected chi connectivity index (χ3v) is 6.58. The molecule has 33 heavy (non-hydrogen) atoms. The van der Waals surface area contributed by atoms with Gasteiger partial charge in [-0.3, -0.25) is 19.4 Å². The van der Waals surface area contributed by atoms with Crippen molar-refractivity contribution < 1.29 is 14.3 Å². The summed E-state index contributed by atoms with van der Waals surface area (Å²) in [6.07, 6.45) is 3.41. The molecule has 0 aliphatic heterocycles. The van der Waals surface area contributed by atoms with Gasteiger partial charge in [0.1, 0.15) is 17.0 Å². The summed E-state index contributed by atoms with van der Waals surface area (Å²) < 4.78 is 7.74. The quantitative estimate of drug-likeness (QED) is 0.413. The highest BCUT2D eigenvalue weighted by molar-refractivity contribution is 7.18. The number of Topliss-reactive ketones (excluding diaryl/α,β-unsaturated/α-hetero) is 1. The van der Waals surface area contributed by atoms with Crippen LogP contribution in [0.3, 0.4) is 0 Å². The molecule has 170 valence electrons. The number of ether oxygens (including phenoxy) is 1. The maximum absolute atomic E-state index is 12.8. The topological polar surface area (TPSA) is 106 Å². The molecule has 4 rings (SSSR count). The summed E-state index contributed by atoms with van der Waals surface area (Å²) in [7, 11) is 1.65. The third kappa shape index (κ3) is 4.07. The van der Waals surface area contributed by atoms with Gasteiger partial charge in [-0.1, -0.05) is 0 Å². The zero-order valence-electron chi connectivity index (χ0n) is 19.0. The average Bonchev–Trinajstić information content (AvgIpc) is 3.39. The lowest BCUT2D eigenvalue weighted by Gasteiger charge is -2.12. The van der Waals surface area contributed by atoms with E-state index < -0.39 is 0 Å². The van der Waals surface area contributed by atoms with Crippen molar-refractivity contribution >= 4 is 33.9 Å². The monoisotopic (exact) mass is 464 g/mol. The Balaban J connectivity index is 1.96. The number of nitrogens with one attached hydrogen (secondary N) is 2. The van der Waals surface area contributed by atoms with Crippen LogP contribution in [0.4, 0.5) is 0 Å². The number of ketones is 1. The average molecular weight is 465 g/mol. The number of aromatic nitrogens is 3. The van der Waals surface area contributed by atoms with Crippen molar-refractivity contribution in [2.24, 2.45) is 7.05 Å². The number of carbonyl (C=O) groups is 2. The van der Waals surface area contributed by atoms with Crippen molar-refractivity contribution in [3.8, 4) is 21.9 Å². The Morgan fingerprint density at radius 2 is 2.03 bits per heavy atom. The summed E-state index contributed by atoms with van der Waals surface area (Å²) in [5, 5.41) is 3.32. The third-order valence-electron chi connectivity index (χ3n) is 5.33. The molecule has 2 N–H and O–H groups in total. The molecule has 0 aliphatic carbocycles. The largest absolute Gasteiger partial charge is 0.454 e. The number of hydrogen-bond acceptors (Lipinski definition) is 6. The van der Waals surface area contributed by atoms with Crippen LogP contribution < -0.4 is 15.6 Å². The van der Waals surface area contributed by atoms with E-state index in [0.29, 0.717) is 50.0 Å². The second kappa shape index (κ2) is 8.67. The summed E-state index contributed by atoms with van der Waals surface area (Å²) in [4.78, 5) is 45.9. The van der Waals surface area contributed by atoms with E-state index in [2.05, 4.69) is 15.3 Å². The molecule has 0 radical (unpaired) electrons. The van der Waals surface area contributed by atoms with Crippen molar-refractivity contribution in [1.82, 2.24) is 19.9 Å². The minimum Gasteiger partial charge on any atom is -0.454 e. The second-order valence-corrected chi connectivity index (χ2v) is 8.85. The summed E-state index contributed by atoms with van der Waals surface area (Å²) in [6, 6.07) is 5.23. The fourth-order valence-corrected chi connectivity index (χ4v) is 4.65. The van der Waals surface area contributed by atoms with Gasteiger partial charge in [-0.15, -0.1) is 11.3 Å². The molecule has 0 saturated carbocycles. The fourth-order valence-electron chi connectivity index (χ4n) is 3.65. The number of aryl methyl sites for hydroxylation is 3. The van der Waals surface area contributed by atoms with E-state index in [1.165, 1.54) is 22.8 Å². The maximum atomic E-state index is 12.8. The molecule has 0 unspecified atom stereocenters. The van der Waals surface area contributed by atoms with Gasteiger partial charge in [-0.25, -0.2) is 0 Å². The van der Waals surface area contributed by atoms with Gasteiger partial charge in [0.2, 0.25) is 0 Å². The van der Waals surface area contributed by atoms with Crippen LogP contribution >= 0.6 is 11.3 Å². The van der Waals surface area contributed by atoms with Crippen molar-refractivity contribution in [3.05, 3.63) is 62.8 Å². The Hall–Kier alpha value is -3.72. The Labute approximate surface area is 194 Å². The minimum absolute atomic E-state index is 0.0890. The van der Waals surface area contributed by atoms with E-state index >= 15 is 0 Å². The van der Waals surface area contributed by atoms with Crippen molar-refractivity contribution in [2.45, 2.75) is 27.7 Å². The van der Waals surface area contributed by atoms with E-state index in [-0.39, 0.29) is 17.2 Å². The first-order valence-electron chi connectivity index (χ1n) is 10.5. The first-order chi connectivity index (χ1) is 15.7. The normalized spacial score (nSPS) is 11.1. The van der Waals surface area contributed by atoms with Gasteiger partial charge in [0.05, 0.1) is 15.4 Å². The summed E-state index contributed by atoms with van der Waals surface area (Å²) in [6.45, 7) is 7.58. The molecular weight excluding hydrogens is 440 g/mol. The van der Waals surface area contributed by atoms with Gasteiger partial charge in [-0.2, -0.15) is 0 Å². The number of fused-ring (bicyclic) bond motifs is 1. The molecule has 0 atom stereocenters. The smallest absolute Gasteiger partial charge is 0.274 e. The van der Waals surface area contributed by atoms with Crippen LogP contribution in [-0.2, 0) is 7.05 Å². The van der Waals surface area contributed by atoms with Gasteiger partial charge < -0.3 is 19.6 Å². The number of H-pyrrole nitrogens is 1.